The molecule has 0 unspecified atom stereocenters. The molecule has 0 saturated heterocycles. The minimum Gasteiger partial charge on any atom is -0.454 e. The molecule has 2 N–H and O–H groups in total. The minimum atomic E-state index is 0. The summed E-state index contributed by atoms with van der Waals surface area (Å²) in [6.07, 6.45) is 0. The van der Waals surface area contributed by atoms with Gasteiger partial charge in [-0.15, -0.1) is 35.3 Å². The summed E-state index contributed by atoms with van der Waals surface area (Å²) in [5.74, 6) is 2.33. The number of guanidine groups is 1. The fourth-order valence-corrected chi connectivity index (χ4v) is 3.59. The maximum atomic E-state index is 5.43. The summed E-state index contributed by atoms with van der Waals surface area (Å²) in [7, 11) is 0. The van der Waals surface area contributed by atoms with Gasteiger partial charge in [-0.25, -0.2) is 9.98 Å². The molecule has 1 aromatic heterocycles. The van der Waals surface area contributed by atoms with Gasteiger partial charge in [0.15, 0.2) is 17.5 Å². The third-order valence-corrected chi connectivity index (χ3v) is 5.08. The van der Waals surface area contributed by atoms with Crippen molar-refractivity contribution in [1.82, 2.24) is 15.6 Å². The lowest BCUT2D eigenvalue weighted by Crippen LogP contribution is -2.36. The molecule has 4 rings (SSSR count). The zero-order valence-electron chi connectivity index (χ0n) is 16.1. The van der Waals surface area contributed by atoms with E-state index in [1.165, 1.54) is 0 Å². The molecule has 0 bridgehead atoms. The second kappa shape index (κ2) is 10.4. The first kappa shape index (κ1) is 21.4. The van der Waals surface area contributed by atoms with Crippen LogP contribution in [0.5, 0.6) is 11.5 Å². The van der Waals surface area contributed by atoms with E-state index >= 15 is 0 Å². The molecular formula is C21H23IN4O2S. The van der Waals surface area contributed by atoms with Crippen molar-refractivity contribution in [2.24, 2.45) is 4.99 Å². The lowest BCUT2D eigenvalue weighted by Gasteiger charge is -2.10. The standard InChI is InChI=1S/C21H22N4O2S.HI/c1-2-22-21(23-11-15-8-9-18-19(10-15)27-14-26-18)24-12-20-25-17(13-28-20)16-6-4-3-5-7-16;/h3-10,13H,2,11-12,14H2,1H3,(H2,22,23,24);1H. The van der Waals surface area contributed by atoms with Crippen molar-refractivity contribution in [2.45, 2.75) is 20.0 Å². The number of aliphatic imine (C=N–C) groups is 1. The Morgan fingerprint density at radius 3 is 2.76 bits per heavy atom. The van der Waals surface area contributed by atoms with Gasteiger partial charge < -0.3 is 20.1 Å². The van der Waals surface area contributed by atoms with Gasteiger partial charge in [-0.05, 0) is 24.6 Å². The molecular weight excluding hydrogens is 499 g/mol. The largest absolute Gasteiger partial charge is 0.454 e. The Bertz CT molecular complexity index is 962. The molecule has 2 heterocycles. The van der Waals surface area contributed by atoms with Gasteiger partial charge in [-0.1, -0.05) is 36.4 Å². The molecule has 0 saturated carbocycles. The van der Waals surface area contributed by atoms with Crippen LogP contribution in [0.25, 0.3) is 11.3 Å². The topological polar surface area (TPSA) is 67.8 Å². The van der Waals surface area contributed by atoms with E-state index in [0.717, 1.165) is 45.8 Å². The normalized spacial score (nSPS) is 12.4. The first-order chi connectivity index (χ1) is 13.8. The molecule has 2 aromatic carbocycles. The van der Waals surface area contributed by atoms with E-state index in [9.17, 15) is 0 Å². The van der Waals surface area contributed by atoms with Gasteiger partial charge in [0, 0.05) is 17.5 Å². The van der Waals surface area contributed by atoms with E-state index in [0.29, 0.717) is 13.1 Å². The van der Waals surface area contributed by atoms with E-state index in [-0.39, 0.29) is 30.8 Å². The number of nitrogens with zero attached hydrogens (tertiary/aromatic N) is 2. The highest BCUT2D eigenvalue weighted by Gasteiger charge is 2.13. The Balaban J connectivity index is 0.00000240. The van der Waals surface area contributed by atoms with Gasteiger partial charge in [-0.2, -0.15) is 0 Å². The fraction of sp³-hybridized carbons (Fsp3) is 0.238. The van der Waals surface area contributed by atoms with Crippen LogP contribution in [0, 0.1) is 0 Å². The van der Waals surface area contributed by atoms with Gasteiger partial charge >= 0.3 is 0 Å². The molecule has 6 nitrogen and oxygen atoms in total. The summed E-state index contributed by atoms with van der Waals surface area (Å²) in [5.41, 5.74) is 3.21. The van der Waals surface area contributed by atoms with Crippen molar-refractivity contribution in [3.63, 3.8) is 0 Å². The lowest BCUT2D eigenvalue weighted by atomic mass is 10.2. The number of rotatable bonds is 6. The molecule has 0 atom stereocenters. The van der Waals surface area contributed by atoms with Crippen LogP contribution in [-0.2, 0) is 13.1 Å². The molecule has 0 amide bonds. The van der Waals surface area contributed by atoms with Crippen molar-refractivity contribution < 1.29 is 9.47 Å². The van der Waals surface area contributed by atoms with Gasteiger partial charge in [0.25, 0.3) is 0 Å². The van der Waals surface area contributed by atoms with Crippen LogP contribution in [0.4, 0.5) is 0 Å². The predicted octanol–water partition coefficient (Wildman–Crippen LogP) is 4.41. The van der Waals surface area contributed by atoms with Crippen LogP contribution in [-0.4, -0.2) is 24.3 Å². The summed E-state index contributed by atoms with van der Waals surface area (Å²) in [6.45, 7) is 4.31. The van der Waals surface area contributed by atoms with Gasteiger partial charge in [0.1, 0.15) is 5.01 Å². The summed E-state index contributed by atoms with van der Waals surface area (Å²) in [5, 5.41) is 9.74. The van der Waals surface area contributed by atoms with E-state index in [1.54, 1.807) is 11.3 Å². The molecule has 0 fully saturated rings. The van der Waals surface area contributed by atoms with Crippen LogP contribution in [0.2, 0.25) is 0 Å². The first-order valence-electron chi connectivity index (χ1n) is 9.22. The minimum absolute atomic E-state index is 0. The Hall–Kier alpha value is -2.33. The quantitative estimate of drug-likeness (QED) is 0.285. The zero-order valence-corrected chi connectivity index (χ0v) is 19.2. The van der Waals surface area contributed by atoms with Gasteiger partial charge in [0.05, 0.1) is 18.8 Å². The summed E-state index contributed by atoms with van der Waals surface area (Å²) in [4.78, 5) is 9.38. The van der Waals surface area contributed by atoms with Crippen LogP contribution in [0.1, 0.15) is 17.5 Å². The Labute approximate surface area is 191 Å². The monoisotopic (exact) mass is 522 g/mol. The SMILES string of the molecule is CCNC(=NCc1ccc2c(c1)OCO2)NCc1nc(-c2ccccc2)cs1.I. The Morgan fingerprint density at radius 2 is 1.93 bits per heavy atom. The predicted molar refractivity (Wildman–Crippen MR) is 127 cm³/mol. The molecule has 1 aliphatic heterocycles. The Kier molecular flexibility index (Phi) is 7.70. The molecule has 0 aliphatic carbocycles. The fourth-order valence-electron chi connectivity index (χ4n) is 2.84. The van der Waals surface area contributed by atoms with Crippen LogP contribution in [0.3, 0.4) is 0 Å². The van der Waals surface area contributed by atoms with Gasteiger partial charge in [0.2, 0.25) is 6.79 Å². The second-order valence-electron chi connectivity index (χ2n) is 6.23. The molecule has 3 aromatic rings. The number of fused-ring (bicyclic) bond motifs is 1. The number of nitrogens with one attached hydrogen (secondary N) is 2. The zero-order chi connectivity index (χ0) is 19.2. The molecule has 1 aliphatic rings. The average molecular weight is 522 g/mol. The molecule has 29 heavy (non-hydrogen) atoms. The second-order valence-corrected chi connectivity index (χ2v) is 7.17. The van der Waals surface area contributed by atoms with Crippen molar-refractivity contribution in [3.05, 3.63) is 64.5 Å². The molecule has 0 spiro atoms. The van der Waals surface area contributed by atoms with E-state index in [2.05, 4.69) is 40.1 Å². The molecule has 8 heteroatoms. The van der Waals surface area contributed by atoms with Crippen molar-refractivity contribution in [2.75, 3.05) is 13.3 Å². The lowest BCUT2D eigenvalue weighted by molar-refractivity contribution is 0.174. The maximum absolute atomic E-state index is 5.43. The highest BCUT2D eigenvalue weighted by Crippen LogP contribution is 2.32. The number of hydrogen-bond acceptors (Lipinski definition) is 5. The van der Waals surface area contributed by atoms with Crippen LogP contribution >= 0.6 is 35.3 Å². The number of aromatic nitrogens is 1. The number of ether oxygens (including phenoxy) is 2. The highest BCUT2D eigenvalue weighted by atomic mass is 127. The summed E-state index contributed by atoms with van der Waals surface area (Å²) < 4.78 is 10.8. The number of thiazole rings is 1. The van der Waals surface area contributed by atoms with Crippen molar-refractivity contribution in [3.8, 4) is 22.8 Å². The van der Waals surface area contributed by atoms with Gasteiger partial charge in [-0.3, -0.25) is 0 Å². The summed E-state index contributed by atoms with van der Waals surface area (Å²) >= 11 is 1.65. The van der Waals surface area contributed by atoms with E-state index in [4.69, 9.17) is 14.5 Å². The number of halogens is 1. The van der Waals surface area contributed by atoms with E-state index in [1.807, 2.05) is 36.4 Å². The number of benzene rings is 2. The molecule has 0 radical (unpaired) electrons. The Morgan fingerprint density at radius 1 is 1.10 bits per heavy atom. The molecule has 152 valence electrons. The third kappa shape index (κ3) is 5.60. The number of hydrogen-bond donors (Lipinski definition) is 2. The van der Waals surface area contributed by atoms with Crippen molar-refractivity contribution in [1.29, 1.82) is 0 Å². The maximum Gasteiger partial charge on any atom is 0.231 e. The summed E-state index contributed by atoms with van der Waals surface area (Å²) in [6, 6.07) is 16.1. The third-order valence-electron chi connectivity index (χ3n) is 4.23. The highest BCUT2D eigenvalue weighted by molar-refractivity contribution is 14.0. The van der Waals surface area contributed by atoms with E-state index < -0.39 is 0 Å². The van der Waals surface area contributed by atoms with Crippen LogP contribution < -0.4 is 20.1 Å². The average Bonchev–Trinajstić information content (AvgIpc) is 3.40. The van der Waals surface area contributed by atoms with Crippen LogP contribution in [0.15, 0.2) is 58.9 Å². The first-order valence-corrected chi connectivity index (χ1v) is 10.1. The van der Waals surface area contributed by atoms with Crippen molar-refractivity contribution >= 4 is 41.3 Å². The smallest absolute Gasteiger partial charge is 0.231 e.